The van der Waals surface area contributed by atoms with Crippen molar-refractivity contribution in [1.29, 1.82) is 0 Å². The average Bonchev–Trinajstić information content (AvgIpc) is 2.86. The molecule has 2 aromatic rings. The largest absolute Gasteiger partial charge is 0.497 e. The Balaban J connectivity index is 1.82. The zero-order chi connectivity index (χ0) is 19.7. The van der Waals surface area contributed by atoms with Crippen LogP contribution < -0.4 is 10.5 Å². The summed E-state index contributed by atoms with van der Waals surface area (Å²) in [5.74, 6) is -2.18. The highest BCUT2D eigenvalue weighted by Crippen LogP contribution is 2.33. The van der Waals surface area contributed by atoms with Gasteiger partial charge in [0.2, 0.25) is 17.4 Å². The van der Waals surface area contributed by atoms with Crippen LogP contribution in [0.4, 0.5) is 0 Å². The van der Waals surface area contributed by atoms with E-state index in [0.717, 1.165) is 0 Å². The molecule has 7 nitrogen and oxygen atoms in total. The fourth-order valence-corrected chi connectivity index (χ4v) is 3.44. The summed E-state index contributed by atoms with van der Waals surface area (Å²) in [5.41, 5.74) is 6.29. The fraction of sp³-hybridized carbons (Fsp3) is 0.167. The number of carbonyl (C=O) groups excluding carboxylic acids is 1. The predicted octanol–water partition coefficient (Wildman–Crippen LogP) is 2.01. The number of rotatable bonds is 6. The van der Waals surface area contributed by atoms with Crippen molar-refractivity contribution >= 4 is 15.9 Å². The van der Waals surface area contributed by atoms with Gasteiger partial charge in [-0.1, -0.05) is 42.5 Å². The second kappa shape index (κ2) is 7.09. The third-order valence-corrected chi connectivity index (χ3v) is 4.70. The van der Waals surface area contributed by atoms with Gasteiger partial charge in [-0.05, 0) is 17.7 Å². The summed E-state index contributed by atoms with van der Waals surface area (Å²) >= 11 is 0. The molecular weight excluding hydrogens is 358 g/mol. The Bertz CT molecular complexity index is 988. The third-order valence-electron chi connectivity index (χ3n) is 3.60. The number of ether oxygens (including phenoxy) is 2. The molecule has 8 heteroatoms. The van der Waals surface area contributed by atoms with Crippen molar-refractivity contribution in [3.63, 3.8) is 0 Å². The minimum Gasteiger partial charge on any atom is -0.497 e. The van der Waals surface area contributed by atoms with E-state index in [1.54, 1.807) is 42.5 Å². The van der Waals surface area contributed by atoms with Crippen LogP contribution in [0.3, 0.4) is 0 Å². The lowest BCUT2D eigenvalue weighted by Gasteiger charge is -2.10. The number of hydrogen-bond donors (Lipinski definition) is 1. The first-order valence-corrected chi connectivity index (χ1v) is 9.17. The van der Waals surface area contributed by atoms with Crippen LogP contribution >= 0.6 is 0 Å². The van der Waals surface area contributed by atoms with E-state index in [2.05, 4.69) is 0 Å². The number of hydrogen-bond acceptors (Lipinski definition) is 7. The Morgan fingerprint density at radius 3 is 2.42 bits per heavy atom. The number of carbonyl (C=O) groups is 1. The smallest absolute Gasteiger partial charge is 0.313 e. The lowest BCUT2D eigenvalue weighted by molar-refractivity contribution is -0.123. The van der Waals surface area contributed by atoms with Crippen LogP contribution in [0, 0.1) is 0 Å². The van der Waals surface area contributed by atoms with Crippen LogP contribution in [0.25, 0.3) is 0 Å². The molecule has 0 spiro atoms. The maximum Gasteiger partial charge on any atom is 0.313 e. The van der Waals surface area contributed by atoms with Crippen molar-refractivity contribution in [3.8, 4) is 5.75 Å². The first kappa shape index (κ1) is 16.5. The van der Waals surface area contributed by atoms with E-state index >= 15 is 0 Å². The normalized spacial score (nSPS) is 20.5. The first-order chi connectivity index (χ1) is 12.7. The summed E-state index contributed by atoms with van der Waals surface area (Å²) in [6.07, 6.45) is -2.23. The zero-order valence-electron chi connectivity index (χ0n) is 14.8. The highest BCUT2D eigenvalue weighted by molar-refractivity contribution is 7.86. The predicted molar refractivity (Wildman–Crippen MR) is 93.2 cm³/mol. The van der Waals surface area contributed by atoms with Gasteiger partial charge >= 0.3 is 10.1 Å². The van der Waals surface area contributed by atoms with Crippen molar-refractivity contribution < 1.29 is 28.2 Å². The number of nitrogens with two attached hydrogens (primary N) is 1. The van der Waals surface area contributed by atoms with E-state index < -0.39 is 39.4 Å². The second-order valence-corrected chi connectivity index (χ2v) is 7.02. The van der Waals surface area contributed by atoms with E-state index in [0.29, 0.717) is 11.3 Å². The van der Waals surface area contributed by atoms with Gasteiger partial charge in [-0.15, -0.1) is 0 Å². The molecule has 136 valence electrons. The van der Waals surface area contributed by atoms with Crippen molar-refractivity contribution in [2.75, 3.05) is 7.11 Å². The molecule has 0 saturated carbocycles. The van der Waals surface area contributed by atoms with Crippen molar-refractivity contribution in [2.24, 2.45) is 5.73 Å². The molecule has 0 aromatic heterocycles. The van der Waals surface area contributed by atoms with Crippen LogP contribution in [-0.2, 0) is 29.6 Å². The molecule has 0 saturated heterocycles. The highest BCUT2D eigenvalue weighted by Gasteiger charge is 2.39. The molecule has 3 rings (SSSR count). The highest BCUT2D eigenvalue weighted by atomic mass is 32.2. The lowest BCUT2D eigenvalue weighted by Crippen LogP contribution is -2.16. The summed E-state index contributed by atoms with van der Waals surface area (Å²) in [7, 11) is -2.69. The Labute approximate surface area is 152 Å². The van der Waals surface area contributed by atoms with Crippen LogP contribution in [0.5, 0.6) is 5.75 Å². The lowest BCUT2D eigenvalue weighted by atomic mass is 10.1. The van der Waals surface area contributed by atoms with E-state index in [9.17, 15) is 13.2 Å². The van der Waals surface area contributed by atoms with Gasteiger partial charge in [0.1, 0.15) is 11.5 Å². The van der Waals surface area contributed by atoms with Crippen LogP contribution in [0.2, 0.25) is 0 Å². The third kappa shape index (κ3) is 3.80. The van der Waals surface area contributed by atoms with Gasteiger partial charge in [0, 0.05) is 5.56 Å². The topological polar surface area (TPSA) is 105 Å². The maximum absolute atomic E-state index is 12.7. The van der Waals surface area contributed by atoms with Crippen molar-refractivity contribution in [2.45, 2.75) is 11.8 Å². The van der Waals surface area contributed by atoms with E-state index in [1.165, 1.54) is 19.2 Å². The van der Waals surface area contributed by atoms with Gasteiger partial charge in [0.25, 0.3) is 0 Å². The van der Waals surface area contributed by atoms with Gasteiger partial charge in [-0.3, -0.25) is 4.79 Å². The van der Waals surface area contributed by atoms with Crippen LogP contribution in [-0.4, -0.2) is 21.3 Å². The molecular formula is C18H17NO6S. The molecule has 0 aliphatic carbocycles. The molecule has 2 N–H and O–H groups in total. The molecule has 0 amide bonds. The molecule has 1 aliphatic rings. The van der Waals surface area contributed by atoms with Crippen LogP contribution in [0.15, 0.2) is 66.2 Å². The van der Waals surface area contributed by atoms with E-state index in [1.807, 2.05) is 0 Å². The van der Waals surface area contributed by atoms with Crippen LogP contribution in [0.1, 0.15) is 18.6 Å². The molecule has 0 radical (unpaired) electrons. The Morgan fingerprint density at radius 2 is 1.81 bits per heavy atom. The van der Waals surface area contributed by atoms with Crippen molar-refractivity contribution in [1.82, 2.24) is 0 Å². The minimum absolute atomic E-state index is 0.162. The summed E-state index contributed by atoms with van der Waals surface area (Å²) in [6.45, 7) is 0. The monoisotopic (exact) mass is 376 g/mol. The summed E-state index contributed by atoms with van der Waals surface area (Å²) in [4.78, 5) is 12.7. The first-order valence-electron chi connectivity index (χ1n) is 8.09. The average molecular weight is 376 g/mol. The molecule has 26 heavy (non-hydrogen) atoms. The molecule has 1 aliphatic heterocycles. The van der Waals surface area contributed by atoms with Crippen molar-refractivity contribution in [3.05, 3.63) is 77.4 Å². The minimum atomic E-state index is -4.17. The number of benzene rings is 2. The van der Waals surface area contributed by atoms with Gasteiger partial charge in [0.15, 0.2) is 6.08 Å². The summed E-state index contributed by atoms with van der Waals surface area (Å²) < 4.78 is 48.0. The second-order valence-electron chi connectivity index (χ2n) is 5.45. The number of Topliss-reactive ketones (excluding diaryl/α,β-unsaturated/α-hetero) is 1. The Morgan fingerprint density at radius 1 is 1.15 bits per heavy atom. The van der Waals surface area contributed by atoms with Gasteiger partial charge in [-0.2, -0.15) is 8.42 Å². The SMILES string of the molecule is [2H]C1(c2ccc(OC)cc2)OC(N)=C(OS(=O)(=O)Cc2ccccc2)C1=O. The number of methoxy groups -OCH3 is 1. The fourth-order valence-electron chi connectivity index (χ4n) is 2.36. The molecule has 0 bridgehead atoms. The number of ketones is 1. The molecule has 2 aromatic carbocycles. The quantitative estimate of drug-likeness (QED) is 0.769. The van der Waals surface area contributed by atoms with E-state index in [-0.39, 0.29) is 5.56 Å². The molecule has 0 fully saturated rings. The Hall–Kier alpha value is -3.00. The molecule has 1 unspecified atom stereocenters. The maximum atomic E-state index is 12.7. The van der Waals surface area contributed by atoms with Gasteiger partial charge in [0.05, 0.1) is 8.48 Å². The molecule has 1 atom stereocenters. The standard InChI is InChI=1S/C18H17NO6S/c1-23-14-9-7-13(8-10-14)16-15(20)17(18(19)24-16)25-26(21,22)11-12-5-3-2-4-6-12/h2-10,16H,11,19H2,1H3/i16D. The van der Waals surface area contributed by atoms with Gasteiger partial charge in [-0.25, -0.2) is 0 Å². The summed E-state index contributed by atoms with van der Waals surface area (Å²) in [6, 6.07) is 14.3. The summed E-state index contributed by atoms with van der Waals surface area (Å²) in [5, 5.41) is 0. The zero-order valence-corrected chi connectivity index (χ0v) is 14.7. The van der Waals surface area contributed by atoms with Gasteiger partial charge < -0.3 is 19.4 Å². The Kier molecular flexibility index (Phi) is 4.49. The molecule has 1 heterocycles. The van der Waals surface area contributed by atoms with E-state index in [4.69, 9.17) is 20.8 Å².